The molecular weight excluding hydrogens is 222 g/mol. The molecular formula is C16H21NO. The van der Waals surface area contributed by atoms with E-state index < -0.39 is 0 Å². The summed E-state index contributed by atoms with van der Waals surface area (Å²) in [4.78, 5) is 12.0. The van der Waals surface area contributed by atoms with Crippen molar-refractivity contribution >= 4 is 5.78 Å². The fraction of sp³-hybridized carbons (Fsp3) is 0.562. The molecule has 18 heavy (non-hydrogen) atoms. The summed E-state index contributed by atoms with van der Waals surface area (Å²) in [7, 11) is 0. The predicted octanol–water partition coefficient (Wildman–Crippen LogP) is 2.68. The number of carbonyl (C=O) groups excluding carboxylic acids is 1. The molecule has 1 heterocycles. The summed E-state index contributed by atoms with van der Waals surface area (Å²) in [6, 6.07) is 8.53. The highest BCUT2D eigenvalue weighted by molar-refractivity contribution is 5.79. The molecule has 1 saturated heterocycles. The molecule has 1 fully saturated rings. The zero-order valence-electron chi connectivity index (χ0n) is 10.8. The summed E-state index contributed by atoms with van der Waals surface area (Å²) in [6.45, 7) is 2.24. The Morgan fingerprint density at radius 1 is 1.33 bits per heavy atom. The van der Waals surface area contributed by atoms with Crippen LogP contribution in [0.1, 0.15) is 42.7 Å². The van der Waals surface area contributed by atoms with E-state index in [0.29, 0.717) is 11.7 Å². The van der Waals surface area contributed by atoms with Crippen LogP contribution in [0.5, 0.6) is 0 Å². The zero-order chi connectivity index (χ0) is 12.4. The Hall–Kier alpha value is -1.15. The van der Waals surface area contributed by atoms with Crippen LogP contribution in [0, 0.1) is 5.92 Å². The normalized spacial score (nSPS) is 25.6. The molecule has 1 aromatic rings. The number of Topliss-reactive ketones (excluding diaryl/α,β-unsaturated/α-hetero) is 1. The maximum absolute atomic E-state index is 12.0. The van der Waals surface area contributed by atoms with E-state index in [1.165, 1.54) is 17.5 Å². The van der Waals surface area contributed by atoms with E-state index in [-0.39, 0.29) is 0 Å². The zero-order valence-corrected chi connectivity index (χ0v) is 10.8. The minimum absolute atomic E-state index is 0.460. The maximum Gasteiger partial charge on any atom is 0.133 e. The Morgan fingerprint density at radius 3 is 3.00 bits per heavy atom. The molecule has 2 nitrogen and oxygen atoms in total. The number of benzene rings is 1. The highest BCUT2D eigenvalue weighted by Gasteiger charge is 2.27. The lowest BCUT2D eigenvalue weighted by molar-refractivity contribution is -0.119. The van der Waals surface area contributed by atoms with Crippen LogP contribution in [0.4, 0.5) is 0 Å². The highest BCUT2D eigenvalue weighted by atomic mass is 16.1. The highest BCUT2D eigenvalue weighted by Crippen LogP contribution is 2.37. The Morgan fingerprint density at radius 2 is 2.22 bits per heavy atom. The molecule has 0 radical (unpaired) electrons. The lowest BCUT2D eigenvalue weighted by atomic mass is 9.74. The SMILES string of the molecule is O=C(CCC1CCNC1)CC1Cc2ccccc21. The molecule has 0 bridgehead atoms. The van der Waals surface area contributed by atoms with Crippen molar-refractivity contribution in [2.45, 2.75) is 38.0 Å². The second-order valence-electron chi connectivity index (χ2n) is 5.74. The monoisotopic (exact) mass is 243 g/mol. The van der Waals surface area contributed by atoms with E-state index in [2.05, 4.69) is 29.6 Å². The molecule has 1 N–H and O–H groups in total. The maximum atomic E-state index is 12.0. The molecule has 2 unspecified atom stereocenters. The number of nitrogens with one attached hydrogen (secondary N) is 1. The quantitative estimate of drug-likeness (QED) is 0.861. The van der Waals surface area contributed by atoms with Crippen LogP contribution in [-0.4, -0.2) is 18.9 Å². The Labute approximate surface area is 109 Å². The van der Waals surface area contributed by atoms with E-state index in [1.54, 1.807) is 0 Å². The number of fused-ring (bicyclic) bond motifs is 1. The molecule has 1 aliphatic carbocycles. The number of rotatable bonds is 5. The van der Waals surface area contributed by atoms with Gasteiger partial charge in [0.1, 0.15) is 5.78 Å². The predicted molar refractivity (Wildman–Crippen MR) is 72.7 cm³/mol. The van der Waals surface area contributed by atoms with Gasteiger partial charge in [0.05, 0.1) is 0 Å². The summed E-state index contributed by atoms with van der Waals surface area (Å²) in [5.74, 6) is 1.71. The average Bonchev–Trinajstić information content (AvgIpc) is 2.87. The number of hydrogen-bond acceptors (Lipinski definition) is 2. The van der Waals surface area contributed by atoms with E-state index in [9.17, 15) is 4.79 Å². The summed E-state index contributed by atoms with van der Waals surface area (Å²) >= 11 is 0. The number of hydrogen-bond donors (Lipinski definition) is 1. The van der Waals surface area contributed by atoms with Crippen molar-refractivity contribution in [1.82, 2.24) is 5.32 Å². The van der Waals surface area contributed by atoms with Gasteiger partial charge in [-0.25, -0.2) is 0 Å². The van der Waals surface area contributed by atoms with Gasteiger partial charge < -0.3 is 5.32 Å². The third kappa shape index (κ3) is 2.49. The largest absolute Gasteiger partial charge is 0.316 e. The summed E-state index contributed by atoms with van der Waals surface area (Å²) in [5, 5.41) is 3.36. The van der Waals surface area contributed by atoms with Crippen molar-refractivity contribution in [3.63, 3.8) is 0 Å². The minimum Gasteiger partial charge on any atom is -0.316 e. The lowest BCUT2D eigenvalue weighted by Gasteiger charge is -2.29. The first-order chi connectivity index (χ1) is 8.83. The van der Waals surface area contributed by atoms with Crippen LogP contribution >= 0.6 is 0 Å². The van der Waals surface area contributed by atoms with E-state index in [1.807, 2.05) is 0 Å². The van der Waals surface area contributed by atoms with Gasteiger partial charge in [0.15, 0.2) is 0 Å². The van der Waals surface area contributed by atoms with Crippen LogP contribution in [0.2, 0.25) is 0 Å². The summed E-state index contributed by atoms with van der Waals surface area (Å²) in [6.07, 6.45) is 4.98. The average molecular weight is 243 g/mol. The fourth-order valence-electron chi connectivity index (χ4n) is 3.25. The van der Waals surface area contributed by atoms with Gasteiger partial charge >= 0.3 is 0 Å². The third-order valence-electron chi connectivity index (χ3n) is 4.43. The lowest BCUT2D eigenvalue weighted by Crippen LogP contribution is -2.20. The van der Waals surface area contributed by atoms with Crippen molar-refractivity contribution in [1.29, 1.82) is 0 Å². The van der Waals surface area contributed by atoms with Gasteiger partial charge in [-0.1, -0.05) is 24.3 Å². The van der Waals surface area contributed by atoms with Crippen molar-refractivity contribution in [3.05, 3.63) is 35.4 Å². The second-order valence-corrected chi connectivity index (χ2v) is 5.74. The molecule has 0 saturated carbocycles. The number of ketones is 1. The van der Waals surface area contributed by atoms with Gasteiger partial charge in [-0.2, -0.15) is 0 Å². The van der Waals surface area contributed by atoms with Gasteiger partial charge in [-0.05, 0) is 55.3 Å². The molecule has 0 spiro atoms. The van der Waals surface area contributed by atoms with Crippen molar-refractivity contribution in [3.8, 4) is 0 Å². The Kier molecular flexibility index (Phi) is 3.46. The van der Waals surface area contributed by atoms with Crippen LogP contribution in [0.3, 0.4) is 0 Å². The number of carbonyl (C=O) groups is 1. The van der Waals surface area contributed by atoms with E-state index in [0.717, 1.165) is 44.7 Å². The van der Waals surface area contributed by atoms with Crippen molar-refractivity contribution < 1.29 is 4.79 Å². The van der Waals surface area contributed by atoms with Crippen LogP contribution in [0.25, 0.3) is 0 Å². The molecule has 0 aromatic heterocycles. The molecule has 1 aliphatic heterocycles. The molecule has 2 atom stereocenters. The summed E-state index contributed by atoms with van der Waals surface area (Å²) in [5.41, 5.74) is 2.85. The first-order valence-corrected chi connectivity index (χ1v) is 7.13. The van der Waals surface area contributed by atoms with Gasteiger partial charge in [0.25, 0.3) is 0 Å². The fourth-order valence-corrected chi connectivity index (χ4v) is 3.25. The molecule has 96 valence electrons. The standard InChI is InChI=1S/C16H21NO/c18-15(6-5-12-7-8-17-11-12)10-14-9-13-3-1-2-4-16(13)14/h1-4,12,14,17H,5-11H2. The van der Waals surface area contributed by atoms with Crippen molar-refractivity contribution in [2.24, 2.45) is 5.92 Å². The molecule has 3 rings (SSSR count). The Balaban J connectivity index is 1.45. The molecule has 2 aliphatic rings. The molecule has 0 amide bonds. The topological polar surface area (TPSA) is 29.1 Å². The third-order valence-corrected chi connectivity index (χ3v) is 4.43. The minimum atomic E-state index is 0.460. The summed E-state index contributed by atoms with van der Waals surface area (Å²) < 4.78 is 0. The molecule has 2 heteroatoms. The first kappa shape index (κ1) is 11.9. The smallest absolute Gasteiger partial charge is 0.133 e. The van der Waals surface area contributed by atoms with Gasteiger partial charge in [-0.3, -0.25) is 4.79 Å². The Bertz CT molecular complexity index is 434. The van der Waals surface area contributed by atoms with E-state index >= 15 is 0 Å². The van der Waals surface area contributed by atoms with Gasteiger partial charge in [-0.15, -0.1) is 0 Å². The van der Waals surface area contributed by atoms with Crippen LogP contribution < -0.4 is 5.32 Å². The van der Waals surface area contributed by atoms with Gasteiger partial charge in [0.2, 0.25) is 0 Å². The van der Waals surface area contributed by atoms with Crippen LogP contribution in [0.15, 0.2) is 24.3 Å². The molecule has 1 aromatic carbocycles. The van der Waals surface area contributed by atoms with Crippen LogP contribution in [-0.2, 0) is 11.2 Å². The second kappa shape index (κ2) is 5.23. The first-order valence-electron chi connectivity index (χ1n) is 7.13. The van der Waals surface area contributed by atoms with Gasteiger partial charge in [0, 0.05) is 12.8 Å². The van der Waals surface area contributed by atoms with E-state index in [4.69, 9.17) is 0 Å². The van der Waals surface area contributed by atoms with Crippen molar-refractivity contribution in [2.75, 3.05) is 13.1 Å².